The first-order chi connectivity index (χ1) is 15.6. The summed E-state index contributed by atoms with van der Waals surface area (Å²) in [6.45, 7) is 1.26. The maximum atomic E-state index is 13.2. The first kappa shape index (κ1) is 21.5. The van der Waals surface area contributed by atoms with E-state index in [2.05, 4.69) is 15.1 Å². The summed E-state index contributed by atoms with van der Waals surface area (Å²) >= 11 is 0. The molecule has 8 nitrogen and oxygen atoms in total. The van der Waals surface area contributed by atoms with Crippen molar-refractivity contribution >= 4 is 5.91 Å². The van der Waals surface area contributed by atoms with Crippen LogP contribution in [0, 0.1) is 0 Å². The Balaban J connectivity index is 1.41. The molecule has 0 radical (unpaired) electrons. The highest BCUT2D eigenvalue weighted by Crippen LogP contribution is 2.20. The van der Waals surface area contributed by atoms with E-state index in [0.29, 0.717) is 24.5 Å². The van der Waals surface area contributed by atoms with Gasteiger partial charge >= 0.3 is 0 Å². The predicted octanol–water partition coefficient (Wildman–Crippen LogP) is 3.52. The fourth-order valence-electron chi connectivity index (χ4n) is 3.69. The van der Waals surface area contributed by atoms with Crippen LogP contribution in [0.3, 0.4) is 0 Å². The third-order valence-electron chi connectivity index (χ3n) is 5.31. The van der Waals surface area contributed by atoms with Crippen molar-refractivity contribution in [3.63, 3.8) is 0 Å². The van der Waals surface area contributed by atoms with E-state index in [1.165, 1.54) is 0 Å². The second-order valence-electron chi connectivity index (χ2n) is 8.00. The number of aromatic nitrogens is 5. The van der Waals surface area contributed by atoms with Crippen molar-refractivity contribution in [2.24, 2.45) is 14.1 Å². The maximum absolute atomic E-state index is 13.2. The van der Waals surface area contributed by atoms with Crippen molar-refractivity contribution in [2.45, 2.75) is 25.7 Å². The molecule has 0 aliphatic heterocycles. The van der Waals surface area contributed by atoms with Crippen LogP contribution >= 0.6 is 0 Å². The molecule has 0 atom stereocenters. The molecule has 0 unspecified atom stereocenters. The van der Waals surface area contributed by atoms with Crippen LogP contribution in [-0.2, 0) is 26.9 Å². The fraction of sp³-hybridized carbons (Fsp3) is 0.333. The zero-order valence-corrected chi connectivity index (χ0v) is 18.5. The topological polar surface area (TPSA) is 82.0 Å². The standard InChI is InChI=1S/C24H28N6O2/c1-28-15-20(25-17-28)10-6-12-30(13-7-11-21-16-29(2)18-26-21)24(31)22-14-23(32-27-22)19-8-4-3-5-9-19/h3-5,8-9,14-18H,6-7,10-13H2,1-2H3. The van der Waals surface area contributed by atoms with Crippen LogP contribution in [0.4, 0.5) is 0 Å². The average Bonchev–Trinajstić information content (AvgIpc) is 3.54. The molecule has 1 amide bonds. The molecule has 4 rings (SSSR count). The number of benzene rings is 1. The molecule has 3 aromatic heterocycles. The van der Waals surface area contributed by atoms with Gasteiger partial charge in [-0.1, -0.05) is 35.5 Å². The van der Waals surface area contributed by atoms with E-state index in [1.807, 2.05) is 70.9 Å². The van der Waals surface area contributed by atoms with Gasteiger partial charge in [0, 0.05) is 51.2 Å². The molecule has 166 valence electrons. The second kappa shape index (κ2) is 10.1. The highest BCUT2D eigenvalue weighted by Gasteiger charge is 2.20. The molecule has 0 aliphatic rings. The maximum Gasteiger partial charge on any atom is 0.276 e. The third-order valence-corrected chi connectivity index (χ3v) is 5.31. The van der Waals surface area contributed by atoms with Crippen LogP contribution in [0.5, 0.6) is 0 Å². The number of aryl methyl sites for hydroxylation is 4. The molecular weight excluding hydrogens is 404 g/mol. The Labute approximate surface area is 187 Å². The normalized spacial score (nSPS) is 11.1. The van der Waals surface area contributed by atoms with Gasteiger partial charge in [0.2, 0.25) is 0 Å². The van der Waals surface area contributed by atoms with Gasteiger partial charge in [-0.05, 0) is 25.7 Å². The van der Waals surface area contributed by atoms with Gasteiger partial charge < -0.3 is 18.6 Å². The lowest BCUT2D eigenvalue weighted by Gasteiger charge is -2.21. The molecule has 0 saturated carbocycles. The van der Waals surface area contributed by atoms with Crippen LogP contribution in [0.15, 0.2) is 66.0 Å². The van der Waals surface area contributed by atoms with Crippen LogP contribution in [-0.4, -0.2) is 48.2 Å². The number of hydrogen-bond donors (Lipinski definition) is 0. The lowest BCUT2D eigenvalue weighted by atomic mass is 10.1. The lowest BCUT2D eigenvalue weighted by Crippen LogP contribution is -2.33. The molecule has 0 N–H and O–H groups in total. The van der Waals surface area contributed by atoms with Gasteiger partial charge in [0.15, 0.2) is 11.5 Å². The van der Waals surface area contributed by atoms with Crippen molar-refractivity contribution in [3.8, 4) is 11.3 Å². The Morgan fingerprint density at radius 2 is 1.53 bits per heavy atom. The summed E-state index contributed by atoms with van der Waals surface area (Å²) in [4.78, 5) is 23.9. The van der Waals surface area contributed by atoms with E-state index < -0.39 is 0 Å². The molecule has 0 spiro atoms. The van der Waals surface area contributed by atoms with E-state index in [9.17, 15) is 4.79 Å². The largest absolute Gasteiger partial charge is 0.355 e. The molecule has 1 aromatic carbocycles. The molecule has 0 saturated heterocycles. The molecule has 0 aliphatic carbocycles. The number of hydrogen-bond acceptors (Lipinski definition) is 5. The number of nitrogens with zero attached hydrogens (tertiary/aromatic N) is 6. The van der Waals surface area contributed by atoms with E-state index in [4.69, 9.17) is 4.52 Å². The molecule has 0 fully saturated rings. The average molecular weight is 433 g/mol. The summed E-state index contributed by atoms with van der Waals surface area (Å²) in [6.07, 6.45) is 10.9. The van der Waals surface area contributed by atoms with Crippen molar-refractivity contribution < 1.29 is 9.32 Å². The number of carbonyl (C=O) groups is 1. The van der Waals surface area contributed by atoms with Crippen LogP contribution in [0.1, 0.15) is 34.7 Å². The molecule has 32 heavy (non-hydrogen) atoms. The monoisotopic (exact) mass is 432 g/mol. The van der Waals surface area contributed by atoms with E-state index in [0.717, 1.165) is 42.6 Å². The van der Waals surface area contributed by atoms with Crippen LogP contribution in [0.25, 0.3) is 11.3 Å². The van der Waals surface area contributed by atoms with Crippen LogP contribution < -0.4 is 0 Å². The minimum absolute atomic E-state index is 0.113. The minimum atomic E-state index is -0.113. The number of rotatable bonds is 10. The lowest BCUT2D eigenvalue weighted by molar-refractivity contribution is 0.0741. The predicted molar refractivity (Wildman–Crippen MR) is 121 cm³/mol. The second-order valence-corrected chi connectivity index (χ2v) is 8.00. The van der Waals surface area contributed by atoms with E-state index in [1.54, 1.807) is 18.7 Å². The molecule has 8 heteroatoms. The van der Waals surface area contributed by atoms with Gasteiger partial charge in [0.05, 0.1) is 24.0 Å². The molecule has 3 heterocycles. The molecule has 4 aromatic rings. The zero-order valence-electron chi connectivity index (χ0n) is 18.5. The SMILES string of the molecule is Cn1cnc(CCCN(CCCc2cn(C)cn2)C(=O)c2cc(-c3ccccc3)on2)c1. The van der Waals surface area contributed by atoms with E-state index >= 15 is 0 Å². The van der Waals surface area contributed by atoms with Gasteiger partial charge in [0.1, 0.15) is 0 Å². The Morgan fingerprint density at radius 1 is 0.938 bits per heavy atom. The summed E-state index contributed by atoms with van der Waals surface area (Å²) in [5, 5.41) is 4.05. The van der Waals surface area contributed by atoms with Gasteiger partial charge in [-0.25, -0.2) is 9.97 Å². The number of imidazole rings is 2. The van der Waals surface area contributed by atoms with E-state index in [-0.39, 0.29) is 5.91 Å². The summed E-state index contributed by atoms with van der Waals surface area (Å²) in [5.41, 5.74) is 3.29. The summed E-state index contributed by atoms with van der Waals surface area (Å²) < 4.78 is 9.32. The van der Waals surface area contributed by atoms with Gasteiger partial charge in [-0.3, -0.25) is 4.79 Å². The quantitative estimate of drug-likeness (QED) is 0.383. The van der Waals surface area contributed by atoms with Crippen molar-refractivity contribution in [1.29, 1.82) is 0 Å². The van der Waals surface area contributed by atoms with Gasteiger partial charge in [-0.15, -0.1) is 0 Å². The van der Waals surface area contributed by atoms with Gasteiger partial charge in [-0.2, -0.15) is 0 Å². The third kappa shape index (κ3) is 5.51. The fourth-order valence-corrected chi connectivity index (χ4v) is 3.69. The zero-order chi connectivity index (χ0) is 22.3. The van der Waals surface area contributed by atoms with Crippen LogP contribution in [0.2, 0.25) is 0 Å². The minimum Gasteiger partial charge on any atom is -0.355 e. The summed E-state index contributed by atoms with van der Waals surface area (Å²) in [5.74, 6) is 0.480. The first-order valence-electron chi connectivity index (χ1n) is 10.8. The van der Waals surface area contributed by atoms with Crippen molar-refractivity contribution in [3.05, 3.63) is 78.5 Å². The Morgan fingerprint density at radius 3 is 2.06 bits per heavy atom. The highest BCUT2D eigenvalue weighted by atomic mass is 16.5. The highest BCUT2D eigenvalue weighted by molar-refractivity contribution is 5.93. The summed E-state index contributed by atoms with van der Waals surface area (Å²) in [7, 11) is 3.91. The number of amides is 1. The Hall–Kier alpha value is -3.68. The summed E-state index contributed by atoms with van der Waals surface area (Å²) in [6, 6.07) is 11.4. The van der Waals surface area contributed by atoms with Gasteiger partial charge in [0.25, 0.3) is 5.91 Å². The van der Waals surface area contributed by atoms with Crippen molar-refractivity contribution in [1.82, 2.24) is 29.2 Å². The van der Waals surface area contributed by atoms with Crippen molar-refractivity contribution in [2.75, 3.05) is 13.1 Å². The first-order valence-corrected chi connectivity index (χ1v) is 10.8. The molecular formula is C24H28N6O2. The Bertz CT molecular complexity index is 1100. The molecule has 0 bridgehead atoms. The Kier molecular flexibility index (Phi) is 6.79. The number of carbonyl (C=O) groups excluding carboxylic acids is 1. The smallest absolute Gasteiger partial charge is 0.276 e.